The number of nitrogens with two attached hydrogens (primary N) is 1. The van der Waals surface area contributed by atoms with Gasteiger partial charge in [-0.2, -0.15) is 0 Å². The molecule has 1 aromatic rings. The summed E-state index contributed by atoms with van der Waals surface area (Å²) in [6.45, 7) is 2.27. The van der Waals surface area contributed by atoms with Gasteiger partial charge in [0.25, 0.3) is 0 Å². The smallest absolute Gasteiger partial charge is 0.136 e. The molecule has 3 nitrogen and oxygen atoms in total. The molecular weight excluding hydrogens is 304 g/mol. The van der Waals surface area contributed by atoms with Gasteiger partial charge in [0, 0.05) is 0 Å². The van der Waals surface area contributed by atoms with Crippen LogP contribution in [0, 0.1) is 11.8 Å². The van der Waals surface area contributed by atoms with E-state index in [0.717, 1.165) is 16.2 Å². The molecule has 0 aromatic carbocycles. The van der Waals surface area contributed by atoms with Gasteiger partial charge in [0.1, 0.15) is 5.76 Å². The molecule has 19 heavy (non-hydrogen) atoms. The number of hydrogen-bond donors (Lipinski definition) is 2. The lowest BCUT2D eigenvalue weighted by molar-refractivity contribution is 0.198. The lowest BCUT2D eigenvalue weighted by atomic mass is 9.76. The topological polar surface area (TPSA) is 51.2 Å². The first-order valence-corrected chi connectivity index (χ1v) is 8.24. The zero-order chi connectivity index (χ0) is 13.7. The Bertz CT molecular complexity index is 372. The van der Waals surface area contributed by atoms with Gasteiger partial charge in [-0.05, 0) is 46.7 Å². The fourth-order valence-corrected chi connectivity index (χ4v) is 3.70. The van der Waals surface area contributed by atoms with Crippen molar-refractivity contribution in [2.75, 3.05) is 0 Å². The first-order chi connectivity index (χ1) is 9.26. The van der Waals surface area contributed by atoms with Crippen LogP contribution in [-0.2, 0) is 0 Å². The Morgan fingerprint density at radius 3 is 2.68 bits per heavy atom. The van der Waals surface area contributed by atoms with Crippen molar-refractivity contribution >= 4 is 15.9 Å². The van der Waals surface area contributed by atoms with Gasteiger partial charge >= 0.3 is 0 Å². The summed E-state index contributed by atoms with van der Waals surface area (Å²) in [5.41, 5.74) is 2.95. The van der Waals surface area contributed by atoms with E-state index in [0.29, 0.717) is 5.92 Å². The van der Waals surface area contributed by atoms with Crippen molar-refractivity contribution in [3.8, 4) is 0 Å². The molecule has 2 rings (SSSR count). The summed E-state index contributed by atoms with van der Waals surface area (Å²) in [6, 6.07) is 2.07. The Morgan fingerprint density at radius 2 is 2.16 bits per heavy atom. The van der Waals surface area contributed by atoms with E-state index in [2.05, 4.69) is 28.3 Å². The minimum absolute atomic E-state index is 0.136. The van der Waals surface area contributed by atoms with Gasteiger partial charge < -0.3 is 4.42 Å². The van der Waals surface area contributed by atoms with Gasteiger partial charge in [-0.15, -0.1) is 0 Å². The van der Waals surface area contributed by atoms with Crippen molar-refractivity contribution in [3.05, 3.63) is 22.6 Å². The maximum Gasteiger partial charge on any atom is 0.136 e. The van der Waals surface area contributed by atoms with Crippen LogP contribution in [0.1, 0.15) is 63.7 Å². The summed E-state index contributed by atoms with van der Waals surface area (Å²) >= 11 is 3.53. The number of halogens is 1. The molecular formula is C15H25BrN2O. The molecule has 1 atom stereocenters. The molecule has 1 aliphatic carbocycles. The lowest BCUT2D eigenvalue weighted by Crippen LogP contribution is -2.35. The molecule has 1 aliphatic rings. The van der Waals surface area contributed by atoms with Crippen LogP contribution in [0.25, 0.3) is 0 Å². The highest BCUT2D eigenvalue weighted by Crippen LogP contribution is 2.40. The van der Waals surface area contributed by atoms with Crippen LogP contribution in [-0.4, -0.2) is 0 Å². The zero-order valence-corrected chi connectivity index (χ0v) is 13.3. The number of rotatable bonds is 6. The van der Waals surface area contributed by atoms with Gasteiger partial charge in [0.15, 0.2) is 0 Å². The second-order valence-electron chi connectivity index (χ2n) is 5.70. The van der Waals surface area contributed by atoms with E-state index in [1.165, 1.54) is 44.9 Å². The van der Waals surface area contributed by atoms with E-state index < -0.39 is 0 Å². The monoisotopic (exact) mass is 328 g/mol. The van der Waals surface area contributed by atoms with Gasteiger partial charge in [0.05, 0.1) is 16.8 Å². The van der Waals surface area contributed by atoms with E-state index in [-0.39, 0.29) is 6.04 Å². The van der Waals surface area contributed by atoms with Crippen LogP contribution in [0.15, 0.2) is 21.2 Å². The van der Waals surface area contributed by atoms with Crippen LogP contribution in [0.2, 0.25) is 0 Å². The Kier molecular flexibility index (Phi) is 5.92. The normalized spacial score (nSPS) is 25.4. The molecule has 108 valence electrons. The largest absolute Gasteiger partial charge is 0.466 e. The SMILES string of the molecule is CCCCC1CCC(C(NN)c2occc2Br)CC1. The van der Waals surface area contributed by atoms with Gasteiger partial charge in [-0.3, -0.25) is 5.84 Å². The quantitative estimate of drug-likeness (QED) is 0.595. The molecule has 1 aromatic heterocycles. The molecule has 1 fully saturated rings. The molecule has 1 unspecified atom stereocenters. The highest BCUT2D eigenvalue weighted by Gasteiger charge is 2.30. The predicted molar refractivity (Wildman–Crippen MR) is 81.4 cm³/mol. The Labute approximate surface area is 124 Å². The van der Waals surface area contributed by atoms with Crippen molar-refractivity contribution < 1.29 is 4.42 Å². The summed E-state index contributed by atoms with van der Waals surface area (Å²) in [4.78, 5) is 0. The Hall–Kier alpha value is -0.320. The van der Waals surface area contributed by atoms with Crippen LogP contribution >= 0.6 is 15.9 Å². The molecule has 1 saturated carbocycles. The van der Waals surface area contributed by atoms with Crippen LogP contribution in [0.4, 0.5) is 0 Å². The second-order valence-corrected chi connectivity index (χ2v) is 6.55. The van der Waals surface area contributed by atoms with E-state index >= 15 is 0 Å². The molecule has 0 radical (unpaired) electrons. The maximum absolute atomic E-state index is 5.75. The number of furan rings is 1. The van der Waals surface area contributed by atoms with Crippen molar-refractivity contribution in [1.82, 2.24) is 5.43 Å². The minimum atomic E-state index is 0.136. The first kappa shape index (κ1) is 15.1. The number of hydrazine groups is 1. The lowest BCUT2D eigenvalue weighted by Gasteiger charge is -2.32. The molecule has 4 heteroatoms. The molecule has 3 N–H and O–H groups in total. The third kappa shape index (κ3) is 3.83. The first-order valence-electron chi connectivity index (χ1n) is 7.45. The summed E-state index contributed by atoms with van der Waals surface area (Å²) in [5.74, 6) is 8.21. The average molecular weight is 329 g/mol. The van der Waals surface area contributed by atoms with Crippen molar-refractivity contribution in [2.45, 2.75) is 57.9 Å². The summed E-state index contributed by atoms with van der Waals surface area (Å²) in [5, 5.41) is 0. The van der Waals surface area contributed by atoms with E-state index in [9.17, 15) is 0 Å². The Morgan fingerprint density at radius 1 is 1.42 bits per heavy atom. The fraction of sp³-hybridized carbons (Fsp3) is 0.733. The van der Waals surface area contributed by atoms with Crippen molar-refractivity contribution in [3.63, 3.8) is 0 Å². The second kappa shape index (κ2) is 7.46. The van der Waals surface area contributed by atoms with E-state index in [1.54, 1.807) is 6.26 Å². The summed E-state index contributed by atoms with van der Waals surface area (Å²) in [6.07, 6.45) is 11.0. The molecule has 0 spiro atoms. The molecule has 0 aliphatic heterocycles. The van der Waals surface area contributed by atoms with Gasteiger partial charge in [-0.1, -0.05) is 39.0 Å². The highest BCUT2D eigenvalue weighted by molar-refractivity contribution is 9.10. The number of hydrogen-bond acceptors (Lipinski definition) is 3. The average Bonchev–Trinajstić information content (AvgIpc) is 2.85. The summed E-state index contributed by atoms with van der Waals surface area (Å²) in [7, 11) is 0. The molecule has 1 heterocycles. The third-order valence-corrected chi connectivity index (χ3v) is 5.09. The standard InChI is InChI=1S/C15H25BrN2O/c1-2-3-4-11-5-7-12(8-6-11)14(18-17)15-13(16)9-10-19-15/h9-12,14,18H,2-8,17H2,1H3. The van der Waals surface area contributed by atoms with E-state index in [4.69, 9.17) is 10.3 Å². The zero-order valence-electron chi connectivity index (χ0n) is 11.7. The van der Waals surface area contributed by atoms with Crippen molar-refractivity contribution in [2.24, 2.45) is 17.7 Å². The molecule has 0 saturated heterocycles. The maximum atomic E-state index is 5.75. The molecule has 0 bridgehead atoms. The summed E-state index contributed by atoms with van der Waals surface area (Å²) < 4.78 is 6.59. The van der Waals surface area contributed by atoms with Crippen LogP contribution in [0.3, 0.4) is 0 Å². The predicted octanol–water partition coefficient (Wildman–Crippen LogP) is 4.54. The highest BCUT2D eigenvalue weighted by atomic mass is 79.9. The minimum Gasteiger partial charge on any atom is -0.466 e. The molecule has 0 amide bonds. The van der Waals surface area contributed by atoms with E-state index in [1.807, 2.05) is 6.07 Å². The Balaban J connectivity index is 1.90. The number of unbranched alkanes of at least 4 members (excludes halogenated alkanes) is 1. The third-order valence-electron chi connectivity index (χ3n) is 4.44. The number of nitrogens with one attached hydrogen (secondary N) is 1. The van der Waals surface area contributed by atoms with Crippen LogP contribution < -0.4 is 11.3 Å². The van der Waals surface area contributed by atoms with Gasteiger partial charge in [-0.25, -0.2) is 5.43 Å². The fourth-order valence-electron chi connectivity index (χ4n) is 3.26. The van der Waals surface area contributed by atoms with Gasteiger partial charge in [0.2, 0.25) is 0 Å². The van der Waals surface area contributed by atoms with Crippen LogP contribution in [0.5, 0.6) is 0 Å². The van der Waals surface area contributed by atoms with Crippen molar-refractivity contribution in [1.29, 1.82) is 0 Å².